The number of imidazole rings is 1. The molecule has 7 N–H and O–H groups in total. The molecule has 2 rings (SSSR count). The fourth-order valence-electron chi connectivity index (χ4n) is 1.70. The number of anilines is 2. The number of fused-ring (bicyclic) bond motifs is 1. The minimum absolute atomic E-state index is 0.0292. The first-order chi connectivity index (χ1) is 9.80. The molecule has 0 spiro atoms. The van der Waals surface area contributed by atoms with Crippen LogP contribution in [0, 0.1) is 0 Å². The molecule has 0 aromatic carbocycles. The van der Waals surface area contributed by atoms with E-state index in [1.54, 1.807) is 0 Å². The molecule has 0 radical (unpaired) electrons. The second-order valence-electron chi connectivity index (χ2n) is 4.30. The topological polar surface area (TPSA) is 183 Å². The fraction of sp³-hybridized carbons (Fsp3) is 0.444. The van der Waals surface area contributed by atoms with Gasteiger partial charge >= 0.3 is 7.60 Å². The Labute approximate surface area is 118 Å². The number of aliphatic hydroxyl groups excluding tert-OH is 1. The fourth-order valence-corrected chi connectivity index (χ4v) is 2.11. The Bertz CT molecular complexity index is 685. The Hall–Kier alpha value is -1.78. The molecule has 0 unspecified atom stereocenters. The van der Waals surface area contributed by atoms with Crippen molar-refractivity contribution >= 4 is 30.5 Å². The lowest BCUT2D eigenvalue weighted by Crippen LogP contribution is -2.24. The maximum Gasteiger partial charge on any atom is 0.350 e. The van der Waals surface area contributed by atoms with Crippen LogP contribution in [0.5, 0.6) is 0 Å². The summed E-state index contributed by atoms with van der Waals surface area (Å²) in [7, 11) is -4.31. The predicted octanol–water partition coefficient (Wildman–Crippen LogP) is -1.50. The molecule has 0 saturated carbocycles. The number of hydrogen-bond acceptors (Lipinski definition) is 8. The highest BCUT2D eigenvalue weighted by Gasteiger charge is 2.19. The molecule has 0 aliphatic heterocycles. The molecule has 0 amide bonds. The summed E-state index contributed by atoms with van der Waals surface area (Å²) >= 11 is 0. The summed E-state index contributed by atoms with van der Waals surface area (Å²) in [5.41, 5.74) is 11.9. The second kappa shape index (κ2) is 5.92. The van der Waals surface area contributed by atoms with Gasteiger partial charge in [-0.1, -0.05) is 0 Å². The third kappa shape index (κ3) is 3.86. The van der Waals surface area contributed by atoms with Crippen molar-refractivity contribution < 1.29 is 24.2 Å². The molecule has 0 saturated heterocycles. The number of nitrogens with zero attached hydrogens (tertiary/aromatic N) is 4. The number of hydrogen-bond donors (Lipinski definition) is 5. The van der Waals surface area contributed by atoms with Crippen LogP contribution in [0.1, 0.15) is 0 Å². The van der Waals surface area contributed by atoms with Crippen molar-refractivity contribution in [2.75, 3.05) is 24.4 Å². The van der Waals surface area contributed by atoms with Crippen LogP contribution in [0.25, 0.3) is 11.2 Å². The van der Waals surface area contributed by atoms with Crippen LogP contribution in [0.15, 0.2) is 6.33 Å². The Morgan fingerprint density at radius 1 is 1.38 bits per heavy atom. The van der Waals surface area contributed by atoms with E-state index in [4.69, 9.17) is 26.0 Å². The smallest absolute Gasteiger partial charge is 0.350 e. The van der Waals surface area contributed by atoms with Crippen molar-refractivity contribution in [3.05, 3.63) is 6.33 Å². The third-order valence-electron chi connectivity index (χ3n) is 2.59. The van der Waals surface area contributed by atoms with E-state index in [0.29, 0.717) is 11.2 Å². The van der Waals surface area contributed by atoms with Crippen LogP contribution < -0.4 is 11.5 Å². The van der Waals surface area contributed by atoms with Gasteiger partial charge in [-0.25, -0.2) is 4.98 Å². The highest BCUT2D eigenvalue weighted by Crippen LogP contribution is 2.34. The van der Waals surface area contributed by atoms with Crippen LogP contribution >= 0.6 is 7.60 Å². The zero-order valence-electron chi connectivity index (χ0n) is 10.8. The number of aliphatic hydroxyl groups is 1. The molecule has 0 aliphatic rings. The highest BCUT2D eigenvalue weighted by molar-refractivity contribution is 7.51. The van der Waals surface area contributed by atoms with Crippen molar-refractivity contribution in [3.63, 3.8) is 0 Å². The van der Waals surface area contributed by atoms with Crippen LogP contribution in [0.3, 0.4) is 0 Å². The van der Waals surface area contributed by atoms with E-state index in [0.717, 1.165) is 0 Å². The third-order valence-corrected chi connectivity index (χ3v) is 3.08. The normalized spacial score (nSPS) is 13.7. The first-order valence-corrected chi connectivity index (χ1v) is 7.61. The maximum atomic E-state index is 10.8. The van der Waals surface area contributed by atoms with Gasteiger partial charge in [0.25, 0.3) is 0 Å². The Kier molecular flexibility index (Phi) is 4.40. The van der Waals surface area contributed by atoms with Crippen LogP contribution in [0.4, 0.5) is 11.8 Å². The van der Waals surface area contributed by atoms with Gasteiger partial charge in [0.15, 0.2) is 11.5 Å². The summed E-state index contributed by atoms with van der Waals surface area (Å²) in [5.74, 6) is 0.0892. The maximum absolute atomic E-state index is 10.8. The van der Waals surface area contributed by atoms with Gasteiger partial charge in [-0.15, -0.1) is 0 Å². The van der Waals surface area contributed by atoms with E-state index in [1.165, 1.54) is 10.9 Å². The molecular weight excluding hydrogens is 303 g/mol. The molecule has 12 heteroatoms. The molecule has 2 aromatic heterocycles. The molecule has 0 fully saturated rings. The summed E-state index contributed by atoms with van der Waals surface area (Å²) in [5, 5.41) is 9.21. The molecule has 116 valence electrons. The Balaban J connectivity index is 2.20. The zero-order chi connectivity index (χ0) is 15.6. The number of nitrogen functional groups attached to an aromatic ring is 2. The standard InChI is InChI=1S/C9H15N6O5P/c10-7-6-8(14-9(11)13-7)15(3-12-6)1-5(2-16)20-4-21(17,18)19/h3,5,16H,1-2,4H2,(H2,17,18,19)(H4,10,11,13,14)/t5-/m0/s1. The van der Waals surface area contributed by atoms with Gasteiger partial charge in [0.1, 0.15) is 11.9 Å². The Morgan fingerprint density at radius 2 is 2.10 bits per heavy atom. The number of ether oxygens (including phenoxy) is 1. The molecule has 0 aliphatic carbocycles. The van der Waals surface area contributed by atoms with E-state index in [2.05, 4.69) is 15.0 Å². The molecule has 0 bridgehead atoms. The van der Waals surface area contributed by atoms with E-state index >= 15 is 0 Å². The van der Waals surface area contributed by atoms with Crippen molar-refractivity contribution in [1.82, 2.24) is 19.5 Å². The second-order valence-corrected chi connectivity index (χ2v) is 5.89. The van der Waals surface area contributed by atoms with Crippen molar-refractivity contribution in [1.29, 1.82) is 0 Å². The lowest BCUT2D eigenvalue weighted by Gasteiger charge is -2.16. The van der Waals surface area contributed by atoms with Gasteiger partial charge in [-0.2, -0.15) is 9.97 Å². The quantitative estimate of drug-likeness (QED) is 0.393. The van der Waals surface area contributed by atoms with Crippen molar-refractivity contribution in [3.8, 4) is 0 Å². The van der Waals surface area contributed by atoms with Gasteiger partial charge in [0.05, 0.1) is 25.6 Å². The molecule has 11 nitrogen and oxygen atoms in total. The van der Waals surface area contributed by atoms with Gasteiger partial charge in [-0.3, -0.25) is 4.57 Å². The van der Waals surface area contributed by atoms with E-state index in [9.17, 15) is 9.67 Å². The summed E-state index contributed by atoms with van der Waals surface area (Å²) in [6, 6.07) is 0. The number of nitrogens with two attached hydrogens (primary N) is 2. The predicted molar refractivity (Wildman–Crippen MR) is 73.0 cm³/mol. The van der Waals surface area contributed by atoms with Gasteiger partial charge < -0.3 is 35.7 Å². The van der Waals surface area contributed by atoms with Crippen LogP contribution in [-0.4, -0.2) is 53.5 Å². The average Bonchev–Trinajstić information content (AvgIpc) is 2.76. The molecule has 2 aromatic rings. The zero-order valence-corrected chi connectivity index (χ0v) is 11.7. The largest absolute Gasteiger partial charge is 0.394 e. The molecule has 1 atom stereocenters. The average molecular weight is 318 g/mol. The molecule has 2 heterocycles. The summed E-state index contributed by atoms with van der Waals surface area (Å²) in [6.07, 6.45) is -0.226. The highest BCUT2D eigenvalue weighted by atomic mass is 31.2. The molecule has 21 heavy (non-hydrogen) atoms. The minimum atomic E-state index is -4.31. The van der Waals surface area contributed by atoms with Crippen molar-refractivity contribution in [2.24, 2.45) is 0 Å². The van der Waals surface area contributed by atoms with E-state index in [-0.39, 0.29) is 18.3 Å². The van der Waals surface area contributed by atoms with E-state index in [1.807, 2.05) is 0 Å². The van der Waals surface area contributed by atoms with Crippen LogP contribution in [0.2, 0.25) is 0 Å². The summed E-state index contributed by atoms with van der Waals surface area (Å²) in [4.78, 5) is 29.3. The first kappa shape index (κ1) is 15.6. The Morgan fingerprint density at radius 3 is 2.71 bits per heavy atom. The van der Waals surface area contributed by atoms with Gasteiger partial charge in [-0.05, 0) is 0 Å². The molecular formula is C9H15N6O5P. The van der Waals surface area contributed by atoms with Crippen molar-refractivity contribution in [2.45, 2.75) is 12.6 Å². The SMILES string of the molecule is Nc1nc(N)c2ncn(C[C@@H](CO)OCP(=O)(O)O)c2n1. The number of rotatable bonds is 6. The summed E-state index contributed by atoms with van der Waals surface area (Å²) < 4.78 is 17.2. The first-order valence-electron chi connectivity index (χ1n) is 5.81. The minimum Gasteiger partial charge on any atom is -0.394 e. The summed E-state index contributed by atoms with van der Waals surface area (Å²) in [6.45, 7) is -0.362. The number of aromatic nitrogens is 4. The lowest BCUT2D eigenvalue weighted by atomic mass is 10.3. The van der Waals surface area contributed by atoms with E-state index < -0.39 is 26.7 Å². The monoisotopic (exact) mass is 318 g/mol. The van der Waals surface area contributed by atoms with Gasteiger partial charge in [0, 0.05) is 0 Å². The van der Waals surface area contributed by atoms with Gasteiger partial charge in [0.2, 0.25) is 5.95 Å². The van der Waals surface area contributed by atoms with Crippen LogP contribution in [-0.2, 0) is 15.8 Å². The lowest BCUT2D eigenvalue weighted by molar-refractivity contribution is 0.0202.